The van der Waals surface area contributed by atoms with E-state index in [0.29, 0.717) is 29.0 Å². The topological polar surface area (TPSA) is 124 Å². The molecule has 0 aliphatic carbocycles. The number of fused-ring (bicyclic) bond motifs is 1. The van der Waals surface area contributed by atoms with Crippen LogP contribution in [0.25, 0.3) is 11.0 Å². The van der Waals surface area contributed by atoms with Crippen LogP contribution in [0.5, 0.6) is 5.75 Å². The average Bonchev–Trinajstić information content (AvgIpc) is 3.19. The normalized spacial score (nSPS) is 10.6. The summed E-state index contributed by atoms with van der Waals surface area (Å²) in [7, 11) is 0. The Morgan fingerprint density at radius 2 is 1.64 bits per heavy atom. The van der Waals surface area contributed by atoms with Crippen LogP contribution in [-0.4, -0.2) is 23.3 Å². The van der Waals surface area contributed by atoms with E-state index in [0.717, 1.165) is 0 Å². The molecule has 0 radical (unpaired) electrons. The standard InChI is InChI=1S/C24H19N3O6/c1-2-32-16-13-11-15(12-14-16)25-24(29)22-21(18-8-4-6-10-20(18)33-22)26-23(28)17-7-3-5-9-19(17)27(30)31/h3-14H,2H2,1H3,(H,25,29)(H,26,28). The first-order valence-electron chi connectivity index (χ1n) is 10.1. The van der Waals surface area contributed by atoms with Gasteiger partial charge in [-0.05, 0) is 49.4 Å². The lowest BCUT2D eigenvalue weighted by Crippen LogP contribution is -2.18. The quantitative estimate of drug-likeness (QED) is 0.296. The van der Waals surface area contributed by atoms with Crippen molar-refractivity contribution in [1.29, 1.82) is 0 Å². The van der Waals surface area contributed by atoms with Crippen molar-refractivity contribution in [3.8, 4) is 5.75 Å². The smallest absolute Gasteiger partial charge is 0.293 e. The molecule has 0 aliphatic rings. The van der Waals surface area contributed by atoms with Crippen molar-refractivity contribution in [2.24, 2.45) is 0 Å². The van der Waals surface area contributed by atoms with Gasteiger partial charge in [-0.25, -0.2) is 0 Å². The lowest BCUT2D eigenvalue weighted by Gasteiger charge is -2.08. The Hall–Kier alpha value is -4.66. The molecule has 1 aromatic heterocycles. The predicted octanol–water partition coefficient (Wildman–Crippen LogP) is 5.24. The van der Waals surface area contributed by atoms with Crippen molar-refractivity contribution in [3.63, 3.8) is 0 Å². The number of anilines is 2. The molecule has 2 amide bonds. The SMILES string of the molecule is CCOc1ccc(NC(=O)c2oc3ccccc3c2NC(=O)c2ccccc2[N+](=O)[O-])cc1. The van der Waals surface area contributed by atoms with Gasteiger partial charge in [-0.3, -0.25) is 19.7 Å². The Labute approximate surface area is 188 Å². The first-order chi connectivity index (χ1) is 16.0. The molecule has 33 heavy (non-hydrogen) atoms. The van der Waals surface area contributed by atoms with Crippen LogP contribution in [0.3, 0.4) is 0 Å². The van der Waals surface area contributed by atoms with Crippen LogP contribution in [0.15, 0.2) is 77.2 Å². The number of amides is 2. The number of furan rings is 1. The number of benzene rings is 3. The number of hydrogen-bond donors (Lipinski definition) is 2. The summed E-state index contributed by atoms with van der Waals surface area (Å²) in [6, 6.07) is 19.2. The minimum atomic E-state index is -0.732. The van der Waals surface area contributed by atoms with Crippen molar-refractivity contribution in [1.82, 2.24) is 0 Å². The summed E-state index contributed by atoms with van der Waals surface area (Å²) in [4.78, 5) is 36.6. The molecule has 0 bridgehead atoms. The Kier molecular flexibility index (Phi) is 6.03. The first kappa shape index (κ1) is 21.6. The zero-order chi connectivity index (χ0) is 23.4. The predicted molar refractivity (Wildman–Crippen MR) is 123 cm³/mol. The highest BCUT2D eigenvalue weighted by molar-refractivity contribution is 6.17. The van der Waals surface area contributed by atoms with Gasteiger partial charge in [0.15, 0.2) is 0 Å². The maximum absolute atomic E-state index is 13.0. The number of nitro groups is 1. The number of rotatable bonds is 7. The molecule has 4 rings (SSSR count). The van der Waals surface area contributed by atoms with E-state index in [-0.39, 0.29) is 22.7 Å². The van der Waals surface area contributed by atoms with Gasteiger partial charge in [0.1, 0.15) is 22.6 Å². The molecule has 0 atom stereocenters. The number of nitrogens with zero attached hydrogens (tertiary/aromatic N) is 1. The van der Waals surface area contributed by atoms with Crippen LogP contribution in [0.1, 0.15) is 27.8 Å². The number of carbonyl (C=O) groups is 2. The Morgan fingerprint density at radius 3 is 2.36 bits per heavy atom. The van der Waals surface area contributed by atoms with E-state index in [2.05, 4.69) is 10.6 Å². The van der Waals surface area contributed by atoms with Crippen molar-refractivity contribution < 1.29 is 23.7 Å². The van der Waals surface area contributed by atoms with Gasteiger partial charge < -0.3 is 19.8 Å². The highest BCUT2D eigenvalue weighted by Gasteiger charge is 2.25. The van der Waals surface area contributed by atoms with E-state index in [9.17, 15) is 19.7 Å². The number of para-hydroxylation sites is 2. The third kappa shape index (κ3) is 4.52. The molecule has 0 spiro atoms. The maximum Gasteiger partial charge on any atom is 0.293 e. The molecular formula is C24H19N3O6. The van der Waals surface area contributed by atoms with E-state index >= 15 is 0 Å². The van der Waals surface area contributed by atoms with E-state index in [1.165, 1.54) is 24.3 Å². The highest BCUT2D eigenvalue weighted by atomic mass is 16.6. The van der Waals surface area contributed by atoms with Crippen molar-refractivity contribution >= 4 is 39.8 Å². The Bertz CT molecular complexity index is 1340. The van der Waals surface area contributed by atoms with Crippen LogP contribution < -0.4 is 15.4 Å². The molecule has 2 N–H and O–H groups in total. The summed E-state index contributed by atoms with van der Waals surface area (Å²) in [6.45, 7) is 2.39. The number of carbonyl (C=O) groups excluding carboxylic acids is 2. The molecule has 3 aromatic carbocycles. The number of nitrogens with one attached hydrogen (secondary N) is 2. The summed E-state index contributed by atoms with van der Waals surface area (Å²) in [5, 5.41) is 17.1. The Balaban J connectivity index is 1.67. The molecule has 9 nitrogen and oxygen atoms in total. The summed E-state index contributed by atoms with van der Waals surface area (Å²) >= 11 is 0. The number of hydrogen-bond acceptors (Lipinski definition) is 6. The molecule has 9 heteroatoms. The zero-order valence-corrected chi connectivity index (χ0v) is 17.5. The minimum Gasteiger partial charge on any atom is -0.494 e. The second-order valence-electron chi connectivity index (χ2n) is 6.94. The van der Waals surface area contributed by atoms with Gasteiger partial charge in [-0.15, -0.1) is 0 Å². The molecule has 0 unspecified atom stereocenters. The first-order valence-corrected chi connectivity index (χ1v) is 10.1. The number of nitro benzene ring substituents is 1. The molecule has 1 heterocycles. The third-order valence-corrected chi connectivity index (χ3v) is 4.81. The van der Waals surface area contributed by atoms with E-state index in [1.807, 2.05) is 6.92 Å². The summed E-state index contributed by atoms with van der Waals surface area (Å²) in [5.74, 6) is -0.786. The lowest BCUT2D eigenvalue weighted by atomic mass is 10.1. The molecule has 0 fully saturated rings. The van der Waals surface area contributed by atoms with Gasteiger partial charge in [-0.2, -0.15) is 0 Å². The van der Waals surface area contributed by atoms with E-state index in [1.54, 1.807) is 48.5 Å². The highest BCUT2D eigenvalue weighted by Crippen LogP contribution is 2.32. The van der Waals surface area contributed by atoms with Crippen LogP contribution in [0, 0.1) is 10.1 Å². The van der Waals surface area contributed by atoms with Crippen LogP contribution in [-0.2, 0) is 0 Å². The van der Waals surface area contributed by atoms with E-state index < -0.39 is 16.7 Å². The van der Waals surface area contributed by atoms with E-state index in [4.69, 9.17) is 9.15 Å². The fraction of sp³-hybridized carbons (Fsp3) is 0.0833. The summed E-state index contributed by atoms with van der Waals surface area (Å²) < 4.78 is 11.1. The van der Waals surface area contributed by atoms with Gasteiger partial charge in [0.2, 0.25) is 5.76 Å². The molecular weight excluding hydrogens is 426 g/mol. The van der Waals surface area contributed by atoms with Gasteiger partial charge >= 0.3 is 0 Å². The Morgan fingerprint density at radius 1 is 0.939 bits per heavy atom. The third-order valence-electron chi connectivity index (χ3n) is 4.81. The van der Waals surface area contributed by atoms with Crippen molar-refractivity contribution in [2.45, 2.75) is 6.92 Å². The van der Waals surface area contributed by atoms with Crippen molar-refractivity contribution in [2.75, 3.05) is 17.2 Å². The summed E-state index contributed by atoms with van der Waals surface area (Å²) in [6.07, 6.45) is 0. The fourth-order valence-corrected chi connectivity index (χ4v) is 3.32. The zero-order valence-electron chi connectivity index (χ0n) is 17.5. The largest absolute Gasteiger partial charge is 0.494 e. The lowest BCUT2D eigenvalue weighted by molar-refractivity contribution is -0.385. The number of ether oxygens (including phenoxy) is 1. The molecule has 166 valence electrons. The monoisotopic (exact) mass is 445 g/mol. The van der Waals surface area contributed by atoms with Gasteiger partial charge in [0, 0.05) is 17.1 Å². The molecule has 0 aliphatic heterocycles. The second kappa shape index (κ2) is 9.23. The molecule has 0 saturated carbocycles. The van der Waals surface area contributed by atoms with Gasteiger partial charge in [0.25, 0.3) is 17.5 Å². The maximum atomic E-state index is 13.0. The molecule has 4 aromatic rings. The van der Waals surface area contributed by atoms with Gasteiger partial charge in [0.05, 0.1) is 11.5 Å². The fourth-order valence-electron chi connectivity index (χ4n) is 3.32. The van der Waals surface area contributed by atoms with Gasteiger partial charge in [-0.1, -0.05) is 24.3 Å². The van der Waals surface area contributed by atoms with Crippen LogP contribution in [0.2, 0.25) is 0 Å². The van der Waals surface area contributed by atoms with Crippen LogP contribution in [0.4, 0.5) is 17.1 Å². The van der Waals surface area contributed by atoms with Crippen molar-refractivity contribution in [3.05, 3.63) is 94.2 Å². The molecule has 0 saturated heterocycles. The second-order valence-corrected chi connectivity index (χ2v) is 6.94. The average molecular weight is 445 g/mol. The minimum absolute atomic E-state index is 0.122. The van der Waals surface area contributed by atoms with Crippen LogP contribution >= 0.6 is 0 Å². The summed E-state index contributed by atoms with van der Waals surface area (Å²) in [5.41, 5.74) is 0.526.